The maximum atomic E-state index is 12.1. The van der Waals surface area contributed by atoms with Gasteiger partial charge in [0.15, 0.2) is 6.61 Å². The molecule has 4 heteroatoms. The molecular formula is C7H11F2NO. The van der Waals surface area contributed by atoms with Crippen LogP contribution in [-0.4, -0.2) is 18.4 Å². The highest BCUT2D eigenvalue weighted by atomic mass is 19.3. The Morgan fingerprint density at radius 1 is 1.64 bits per heavy atom. The van der Waals surface area contributed by atoms with Gasteiger partial charge >= 0.3 is 0 Å². The molecule has 0 aromatic carbocycles. The summed E-state index contributed by atoms with van der Waals surface area (Å²) < 4.78 is 28.6. The Balaban J connectivity index is 3.73. The van der Waals surface area contributed by atoms with Crippen LogP contribution in [0.2, 0.25) is 0 Å². The fourth-order valence-electron chi connectivity index (χ4n) is 0.322. The first kappa shape index (κ1) is 10.1. The molecule has 0 aliphatic rings. The molecule has 0 spiro atoms. The summed E-state index contributed by atoms with van der Waals surface area (Å²) in [5, 5.41) is 6.97. The minimum atomic E-state index is -2.89. The lowest BCUT2D eigenvalue weighted by Gasteiger charge is -2.11. The van der Waals surface area contributed by atoms with E-state index in [9.17, 15) is 8.78 Å². The summed E-state index contributed by atoms with van der Waals surface area (Å²) in [4.78, 5) is 0. The minimum Gasteiger partial charge on any atom is -0.471 e. The van der Waals surface area contributed by atoms with Crippen molar-refractivity contribution < 1.29 is 13.5 Å². The van der Waals surface area contributed by atoms with Crippen molar-refractivity contribution in [2.75, 3.05) is 6.61 Å². The van der Waals surface area contributed by atoms with Crippen molar-refractivity contribution in [2.45, 2.75) is 19.8 Å². The standard InChI is InChI=1S/C7H11F2NO/c1-5(2)6(10)11-4-7(3,8)9/h10H,1,4H2,2-3H3. The maximum absolute atomic E-state index is 12.1. The molecule has 1 N–H and O–H groups in total. The molecule has 0 aliphatic carbocycles. The second-order valence-electron chi connectivity index (χ2n) is 2.47. The molecule has 0 aromatic heterocycles. The second-order valence-corrected chi connectivity index (χ2v) is 2.47. The van der Waals surface area contributed by atoms with Crippen molar-refractivity contribution in [2.24, 2.45) is 0 Å². The van der Waals surface area contributed by atoms with Gasteiger partial charge in [0, 0.05) is 12.5 Å². The van der Waals surface area contributed by atoms with Crippen LogP contribution >= 0.6 is 0 Å². The summed E-state index contributed by atoms with van der Waals surface area (Å²) in [5.41, 5.74) is 0.342. The molecule has 0 aromatic rings. The third-order valence-electron chi connectivity index (χ3n) is 0.858. The number of hydrogen-bond donors (Lipinski definition) is 1. The first-order chi connectivity index (χ1) is 4.83. The summed E-state index contributed by atoms with van der Waals surface area (Å²) in [5.74, 6) is -3.17. The minimum absolute atomic E-state index is 0.286. The Hall–Kier alpha value is -0.930. The predicted molar refractivity (Wildman–Crippen MR) is 39.1 cm³/mol. The fourth-order valence-corrected chi connectivity index (χ4v) is 0.322. The molecule has 0 rings (SSSR count). The quantitative estimate of drug-likeness (QED) is 0.502. The second kappa shape index (κ2) is 3.46. The van der Waals surface area contributed by atoms with Gasteiger partial charge in [0.05, 0.1) is 0 Å². The zero-order valence-electron chi connectivity index (χ0n) is 6.58. The van der Waals surface area contributed by atoms with E-state index >= 15 is 0 Å². The number of halogens is 2. The lowest BCUT2D eigenvalue weighted by molar-refractivity contribution is -0.0272. The molecule has 0 saturated heterocycles. The molecule has 0 unspecified atom stereocenters. The number of ether oxygens (including phenoxy) is 1. The van der Waals surface area contributed by atoms with Crippen molar-refractivity contribution in [3.05, 3.63) is 12.2 Å². The van der Waals surface area contributed by atoms with E-state index in [1.165, 1.54) is 6.92 Å². The lowest BCUT2D eigenvalue weighted by atomic mass is 10.3. The van der Waals surface area contributed by atoms with Gasteiger partial charge in [-0.3, -0.25) is 5.41 Å². The average molecular weight is 163 g/mol. The van der Waals surface area contributed by atoms with Gasteiger partial charge in [0.1, 0.15) is 0 Å². The van der Waals surface area contributed by atoms with Gasteiger partial charge in [-0.2, -0.15) is 0 Å². The summed E-state index contributed by atoms with van der Waals surface area (Å²) in [7, 11) is 0. The third-order valence-corrected chi connectivity index (χ3v) is 0.858. The van der Waals surface area contributed by atoms with E-state index in [1.54, 1.807) is 0 Å². The van der Waals surface area contributed by atoms with Crippen LogP contribution in [0.15, 0.2) is 12.2 Å². The Bertz CT molecular complexity index is 172. The Morgan fingerprint density at radius 3 is 2.36 bits per heavy atom. The van der Waals surface area contributed by atoms with E-state index in [4.69, 9.17) is 5.41 Å². The molecule has 0 radical (unpaired) electrons. The predicted octanol–water partition coefficient (Wildman–Crippen LogP) is 2.21. The zero-order valence-corrected chi connectivity index (χ0v) is 6.58. The van der Waals surface area contributed by atoms with Gasteiger partial charge in [0.2, 0.25) is 5.90 Å². The Kier molecular flexibility index (Phi) is 3.17. The van der Waals surface area contributed by atoms with Crippen LogP contribution in [0.5, 0.6) is 0 Å². The van der Waals surface area contributed by atoms with Gasteiger partial charge in [-0.25, -0.2) is 8.78 Å². The molecule has 0 atom stereocenters. The van der Waals surface area contributed by atoms with Crippen molar-refractivity contribution in [1.29, 1.82) is 5.41 Å². The van der Waals surface area contributed by atoms with Crippen LogP contribution in [-0.2, 0) is 4.74 Å². The molecule has 0 amide bonds. The largest absolute Gasteiger partial charge is 0.471 e. The highest BCUT2D eigenvalue weighted by Gasteiger charge is 2.22. The molecule has 11 heavy (non-hydrogen) atoms. The van der Waals surface area contributed by atoms with Crippen LogP contribution in [0, 0.1) is 5.41 Å². The van der Waals surface area contributed by atoms with Crippen LogP contribution in [0.4, 0.5) is 8.78 Å². The highest BCUT2D eigenvalue weighted by molar-refractivity contribution is 5.89. The van der Waals surface area contributed by atoms with Gasteiger partial charge < -0.3 is 4.74 Å². The molecule has 0 fully saturated rings. The Labute approximate surface area is 64.4 Å². The van der Waals surface area contributed by atoms with Crippen molar-refractivity contribution >= 4 is 5.90 Å². The van der Waals surface area contributed by atoms with Gasteiger partial charge in [-0.1, -0.05) is 6.58 Å². The van der Waals surface area contributed by atoms with Crippen LogP contribution in [0.1, 0.15) is 13.8 Å². The summed E-state index contributed by atoms with van der Waals surface area (Å²) in [6.07, 6.45) is 0. The number of alkyl halides is 2. The first-order valence-corrected chi connectivity index (χ1v) is 3.08. The van der Waals surface area contributed by atoms with E-state index in [0.717, 1.165) is 6.92 Å². The third kappa shape index (κ3) is 5.51. The van der Waals surface area contributed by atoms with E-state index in [2.05, 4.69) is 11.3 Å². The van der Waals surface area contributed by atoms with Crippen LogP contribution < -0.4 is 0 Å². The van der Waals surface area contributed by atoms with Gasteiger partial charge in [0.25, 0.3) is 5.92 Å². The topological polar surface area (TPSA) is 33.1 Å². The van der Waals surface area contributed by atoms with E-state index in [1.807, 2.05) is 0 Å². The first-order valence-electron chi connectivity index (χ1n) is 3.08. The fraction of sp³-hybridized carbons (Fsp3) is 0.571. The highest BCUT2D eigenvalue weighted by Crippen LogP contribution is 2.12. The molecule has 64 valence electrons. The lowest BCUT2D eigenvalue weighted by Crippen LogP contribution is -2.21. The van der Waals surface area contributed by atoms with Crippen molar-refractivity contribution in [3.8, 4) is 0 Å². The molecule has 2 nitrogen and oxygen atoms in total. The summed E-state index contributed by atoms with van der Waals surface area (Å²) >= 11 is 0. The molecular weight excluding hydrogens is 152 g/mol. The number of rotatable bonds is 3. The molecule has 0 heterocycles. The number of nitrogens with one attached hydrogen (secondary N) is 1. The van der Waals surface area contributed by atoms with E-state index < -0.39 is 12.5 Å². The monoisotopic (exact) mass is 163 g/mol. The van der Waals surface area contributed by atoms with E-state index in [0.29, 0.717) is 5.57 Å². The molecule has 0 bridgehead atoms. The van der Waals surface area contributed by atoms with Crippen molar-refractivity contribution in [1.82, 2.24) is 0 Å². The maximum Gasteiger partial charge on any atom is 0.278 e. The Morgan fingerprint density at radius 2 is 2.09 bits per heavy atom. The SMILES string of the molecule is C=C(C)C(=N)OCC(C)(F)F. The van der Waals surface area contributed by atoms with Crippen LogP contribution in [0.3, 0.4) is 0 Å². The van der Waals surface area contributed by atoms with E-state index in [-0.39, 0.29) is 5.90 Å². The van der Waals surface area contributed by atoms with Gasteiger partial charge in [-0.15, -0.1) is 0 Å². The normalized spacial score (nSPS) is 10.9. The zero-order chi connectivity index (χ0) is 9.07. The van der Waals surface area contributed by atoms with Crippen LogP contribution in [0.25, 0.3) is 0 Å². The smallest absolute Gasteiger partial charge is 0.278 e. The number of hydrogen-bond acceptors (Lipinski definition) is 2. The average Bonchev–Trinajstić information content (AvgIpc) is 1.80. The molecule has 0 saturated carbocycles. The van der Waals surface area contributed by atoms with Crippen molar-refractivity contribution in [3.63, 3.8) is 0 Å². The van der Waals surface area contributed by atoms with Gasteiger partial charge in [-0.05, 0) is 6.92 Å². The molecule has 0 aliphatic heterocycles. The summed E-state index contributed by atoms with van der Waals surface area (Å²) in [6.45, 7) is 4.85. The summed E-state index contributed by atoms with van der Waals surface area (Å²) in [6, 6.07) is 0.